The van der Waals surface area contributed by atoms with Gasteiger partial charge in [-0.3, -0.25) is 4.79 Å². The summed E-state index contributed by atoms with van der Waals surface area (Å²) in [6.07, 6.45) is -0.217. The summed E-state index contributed by atoms with van der Waals surface area (Å²) in [7, 11) is 0. The first-order valence-electron chi connectivity index (χ1n) is 5.23. The highest BCUT2D eigenvalue weighted by molar-refractivity contribution is 7.99. The van der Waals surface area contributed by atoms with Gasteiger partial charge in [0.1, 0.15) is 5.78 Å². The number of hydrogen-bond acceptors (Lipinski definition) is 3. The van der Waals surface area contributed by atoms with E-state index in [1.165, 1.54) is 0 Å². The lowest BCUT2D eigenvalue weighted by Crippen LogP contribution is -2.28. The molecule has 2 nitrogen and oxygen atoms in total. The van der Waals surface area contributed by atoms with Gasteiger partial charge in [-0.15, -0.1) is 0 Å². The highest BCUT2D eigenvalue weighted by atomic mass is 35.5. The van der Waals surface area contributed by atoms with E-state index in [9.17, 15) is 9.90 Å². The van der Waals surface area contributed by atoms with E-state index < -0.39 is 6.10 Å². The molecular formula is C12H13ClO2S. The summed E-state index contributed by atoms with van der Waals surface area (Å²) in [6.45, 7) is 0. The van der Waals surface area contributed by atoms with Crippen molar-refractivity contribution in [1.82, 2.24) is 0 Å². The maximum Gasteiger partial charge on any atom is 0.140 e. The second-order valence-electron chi connectivity index (χ2n) is 3.86. The Kier molecular flexibility index (Phi) is 3.90. The van der Waals surface area contributed by atoms with E-state index in [2.05, 4.69) is 0 Å². The summed E-state index contributed by atoms with van der Waals surface area (Å²) in [4.78, 5) is 11.7. The van der Waals surface area contributed by atoms with E-state index in [4.69, 9.17) is 11.6 Å². The smallest absolute Gasteiger partial charge is 0.140 e. The van der Waals surface area contributed by atoms with Crippen LogP contribution in [0.5, 0.6) is 0 Å². The minimum atomic E-state index is -0.769. The van der Waals surface area contributed by atoms with Crippen molar-refractivity contribution >= 4 is 29.1 Å². The molecular weight excluding hydrogens is 244 g/mol. The Balaban J connectivity index is 2.21. The zero-order valence-corrected chi connectivity index (χ0v) is 10.3. The molecule has 0 amide bonds. The number of Topliss-reactive ketones (excluding diaryl/α,β-unsaturated/α-hetero) is 1. The summed E-state index contributed by atoms with van der Waals surface area (Å²) in [5, 5.41) is 10.7. The van der Waals surface area contributed by atoms with Crippen molar-refractivity contribution < 1.29 is 9.90 Å². The Hall–Kier alpha value is -0.510. The third-order valence-corrected chi connectivity index (χ3v) is 4.24. The SMILES string of the molecule is O=C1CCSC[C@@H]1[C@H](O)c1ccccc1Cl. The van der Waals surface area contributed by atoms with Crippen LogP contribution < -0.4 is 0 Å². The molecule has 2 atom stereocenters. The van der Waals surface area contributed by atoms with Gasteiger partial charge in [-0.05, 0) is 11.6 Å². The lowest BCUT2D eigenvalue weighted by atomic mass is 9.92. The Morgan fingerprint density at radius 2 is 2.19 bits per heavy atom. The van der Waals surface area contributed by atoms with Crippen LogP contribution in [-0.2, 0) is 4.79 Å². The standard InChI is InChI=1S/C12H13ClO2S/c13-10-4-2-1-3-8(10)12(15)9-7-16-6-5-11(9)14/h1-4,9,12,15H,5-7H2/t9-,12+/m0/s1. The van der Waals surface area contributed by atoms with Gasteiger partial charge in [0.15, 0.2) is 0 Å². The molecule has 1 aromatic carbocycles. The minimum absolute atomic E-state index is 0.145. The summed E-state index contributed by atoms with van der Waals surface area (Å²) >= 11 is 7.72. The van der Waals surface area contributed by atoms with Gasteiger partial charge in [0.05, 0.1) is 12.0 Å². The first-order chi connectivity index (χ1) is 7.70. The fourth-order valence-electron chi connectivity index (χ4n) is 1.86. The normalized spacial score (nSPS) is 23.1. The Morgan fingerprint density at radius 3 is 2.88 bits per heavy atom. The minimum Gasteiger partial charge on any atom is -0.388 e. The highest BCUT2D eigenvalue weighted by Gasteiger charge is 2.31. The fraction of sp³-hybridized carbons (Fsp3) is 0.417. The molecule has 0 unspecified atom stereocenters. The lowest BCUT2D eigenvalue weighted by Gasteiger charge is -2.25. The molecule has 1 aromatic rings. The van der Waals surface area contributed by atoms with Crippen molar-refractivity contribution in [3.05, 3.63) is 34.9 Å². The Labute approximate surface area is 104 Å². The van der Waals surface area contributed by atoms with E-state index >= 15 is 0 Å². The molecule has 1 aliphatic rings. The number of hydrogen-bond donors (Lipinski definition) is 1. The largest absolute Gasteiger partial charge is 0.388 e. The van der Waals surface area contributed by atoms with E-state index in [-0.39, 0.29) is 11.7 Å². The molecule has 0 bridgehead atoms. The van der Waals surface area contributed by atoms with Gasteiger partial charge in [0.2, 0.25) is 0 Å². The molecule has 0 radical (unpaired) electrons. The van der Waals surface area contributed by atoms with Gasteiger partial charge in [0, 0.05) is 22.9 Å². The maximum absolute atomic E-state index is 11.7. The fourth-order valence-corrected chi connectivity index (χ4v) is 3.24. The lowest BCUT2D eigenvalue weighted by molar-refractivity contribution is -0.125. The van der Waals surface area contributed by atoms with Gasteiger partial charge in [-0.25, -0.2) is 0 Å². The summed E-state index contributed by atoms with van der Waals surface area (Å²) in [5.41, 5.74) is 0.657. The molecule has 4 heteroatoms. The molecule has 1 saturated heterocycles. The maximum atomic E-state index is 11.7. The van der Waals surface area contributed by atoms with Crippen LogP contribution in [-0.4, -0.2) is 22.4 Å². The van der Waals surface area contributed by atoms with E-state index in [0.29, 0.717) is 22.8 Å². The topological polar surface area (TPSA) is 37.3 Å². The predicted molar refractivity (Wildman–Crippen MR) is 66.9 cm³/mol. The van der Waals surface area contributed by atoms with Gasteiger partial charge in [0.25, 0.3) is 0 Å². The van der Waals surface area contributed by atoms with Gasteiger partial charge in [-0.2, -0.15) is 11.8 Å². The number of halogens is 1. The van der Waals surface area contributed by atoms with Crippen LogP contribution in [0.3, 0.4) is 0 Å². The second kappa shape index (κ2) is 5.21. The van der Waals surface area contributed by atoms with Crippen molar-refractivity contribution in [2.75, 3.05) is 11.5 Å². The molecule has 1 fully saturated rings. The average molecular weight is 257 g/mol. The number of thioether (sulfide) groups is 1. The number of aliphatic hydroxyl groups excluding tert-OH is 1. The van der Waals surface area contributed by atoms with Crippen molar-refractivity contribution in [1.29, 1.82) is 0 Å². The quantitative estimate of drug-likeness (QED) is 0.884. The average Bonchev–Trinajstić information content (AvgIpc) is 2.29. The van der Waals surface area contributed by atoms with E-state index in [1.807, 2.05) is 12.1 Å². The van der Waals surface area contributed by atoms with Crippen LogP contribution in [0.15, 0.2) is 24.3 Å². The van der Waals surface area contributed by atoms with Crippen LogP contribution in [0, 0.1) is 5.92 Å². The van der Waals surface area contributed by atoms with Crippen molar-refractivity contribution in [3.63, 3.8) is 0 Å². The first-order valence-corrected chi connectivity index (χ1v) is 6.76. The molecule has 0 saturated carbocycles. The molecule has 2 rings (SSSR count). The zero-order chi connectivity index (χ0) is 11.5. The molecule has 16 heavy (non-hydrogen) atoms. The number of carbonyl (C=O) groups excluding carboxylic acids is 1. The molecule has 1 heterocycles. The number of benzene rings is 1. The number of carbonyl (C=O) groups is 1. The predicted octanol–water partition coefficient (Wildman–Crippen LogP) is 2.70. The van der Waals surface area contributed by atoms with E-state index in [1.54, 1.807) is 23.9 Å². The third-order valence-electron chi connectivity index (χ3n) is 2.81. The van der Waals surface area contributed by atoms with Crippen LogP contribution in [0.2, 0.25) is 5.02 Å². The van der Waals surface area contributed by atoms with Crippen molar-refractivity contribution in [2.24, 2.45) is 5.92 Å². The monoisotopic (exact) mass is 256 g/mol. The van der Waals surface area contributed by atoms with E-state index in [0.717, 1.165) is 5.75 Å². The molecule has 0 spiro atoms. The van der Waals surface area contributed by atoms with Gasteiger partial charge < -0.3 is 5.11 Å². The molecule has 0 aromatic heterocycles. The first kappa shape index (κ1) is 12.0. The summed E-state index contributed by atoms with van der Waals surface area (Å²) in [5.74, 6) is 1.39. The molecule has 1 aliphatic heterocycles. The Morgan fingerprint density at radius 1 is 1.44 bits per heavy atom. The second-order valence-corrected chi connectivity index (χ2v) is 5.42. The molecule has 1 N–H and O–H groups in total. The summed E-state index contributed by atoms with van der Waals surface area (Å²) in [6, 6.07) is 7.15. The van der Waals surface area contributed by atoms with Crippen LogP contribution in [0.1, 0.15) is 18.1 Å². The van der Waals surface area contributed by atoms with Gasteiger partial charge >= 0.3 is 0 Å². The highest BCUT2D eigenvalue weighted by Crippen LogP contribution is 2.33. The molecule has 86 valence electrons. The van der Waals surface area contributed by atoms with Gasteiger partial charge in [-0.1, -0.05) is 29.8 Å². The third kappa shape index (κ3) is 2.42. The number of aliphatic hydroxyl groups is 1. The van der Waals surface area contributed by atoms with Crippen LogP contribution in [0.4, 0.5) is 0 Å². The number of ketones is 1. The zero-order valence-electron chi connectivity index (χ0n) is 8.73. The number of rotatable bonds is 2. The Bertz CT molecular complexity index is 394. The molecule has 0 aliphatic carbocycles. The van der Waals surface area contributed by atoms with Crippen molar-refractivity contribution in [3.8, 4) is 0 Å². The summed E-state index contributed by atoms with van der Waals surface area (Å²) < 4.78 is 0. The van der Waals surface area contributed by atoms with Crippen LogP contribution >= 0.6 is 23.4 Å². The van der Waals surface area contributed by atoms with Crippen LogP contribution in [0.25, 0.3) is 0 Å². The van der Waals surface area contributed by atoms with Crippen molar-refractivity contribution in [2.45, 2.75) is 12.5 Å².